The quantitative estimate of drug-likeness (QED) is 0.858. The number of rotatable bonds is 5. The fourth-order valence-corrected chi connectivity index (χ4v) is 1.84. The van der Waals surface area contributed by atoms with Gasteiger partial charge in [0.15, 0.2) is 0 Å². The van der Waals surface area contributed by atoms with Crippen molar-refractivity contribution in [1.29, 1.82) is 0 Å². The van der Waals surface area contributed by atoms with Gasteiger partial charge in [-0.2, -0.15) is 0 Å². The van der Waals surface area contributed by atoms with Gasteiger partial charge in [0.05, 0.1) is 6.61 Å². The third-order valence-electron chi connectivity index (χ3n) is 3.47. The third kappa shape index (κ3) is 4.84. The van der Waals surface area contributed by atoms with Crippen LogP contribution in [0.4, 0.5) is 5.69 Å². The van der Waals surface area contributed by atoms with Gasteiger partial charge in [0, 0.05) is 30.9 Å². The summed E-state index contributed by atoms with van der Waals surface area (Å²) in [5.74, 6) is 0. The molecule has 0 aliphatic rings. The highest BCUT2D eigenvalue weighted by atomic mass is 16.3. The Morgan fingerprint density at radius 3 is 2.42 bits per heavy atom. The Hall–Kier alpha value is -1.06. The van der Waals surface area contributed by atoms with Crippen molar-refractivity contribution in [3.05, 3.63) is 29.3 Å². The number of hydrogen-bond acceptors (Lipinski definition) is 3. The number of aliphatic hydroxyl groups excluding tert-OH is 1. The molecule has 1 rings (SSSR count). The molecule has 0 spiro atoms. The monoisotopic (exact) mass is 264 g/mol. The van der Waals surface area contributed by atoms with E-state index in [0.717, 1.165) is 12.2 Å². The molecule has 0 aliphatic carbocycles. The second-order valence-corrected chi connectivity index (χ2v) is 6.36. The molecule has 0 heterocycles. The molecule has 1 aromatic rings. The molecule has 2 N–H and O–H groups in total. The molecule has 0 fully saturated rings. The number of hydrogen-bond donors (Lipinski definition) is 2. The number of aryl methyl sites for hydroxylation is 1. The van der Waals surface area contributed by atoms with E-state index in [4.69, 9.17) is 0 Å². The lowest BCUT2D eigenvalue weighted by Crippen LogP contribution is -2.35. The van der Waals surface area contributed by atoms with Crippen molar-refractivity contribution in [3.8, 4) is 0 Å². The minimum atomic E-state index is 0.132. The molecule has 0 amide bonds. The summed E-state index contributed by atoms with van der Waals surface area (Å²) in [4.78, 5) is 2.11. The Morgan fingerprint density at radius 2 is 1.95 bits per heavy atom. The molecule has 108 valence electrons. The minimum absolute atomic E-state index is 0.132. The summed E-state index contributed by atoms with van der Waals surface area (Å²) in [5, 5.41) is 12.7. The van der Waals surface area contributed by atoms with Crippen LogP contribution in [-0.4, -0.2) is 30.3 Å². The zero-order valence-electron chi connectivity index (χ0n) is 13.1. The first-order valence-electron chi connectivity index (χ1n) is 6.93. The lowest BCUT2D eigenvalue weighted by Gasteiger charge is -2.26. The van der Waals surface area contributed by atoms with Gasteiger partial charge < -0.3 is 15.3 Å². The number of likely N-dealkylation sites (N-methyl/N-ethyl adjacent to an activating group) is 1. The molecule has 1 atom stereocenters. The number of anilines is 1. The summed E-state index contributed by atoms with van der Waals surface area (Å²) < 4.78 is 0. The van der Waals surface area contributed by atoms with E-state index in [1.165, 1.54) is 11.1 Å². The normalized spacial score (nSPS) is 13.4. The van der Waals surface area contributed by atoms with Gasteiger partial charge in [-0.3, -0.25) is 0 Å². The molecule has 0 aliphatic heterocycles. The van der Waals surface area contributed by atoms with Crippen molar-refractivity contribution in [2.24, 2.45) is 0 Å². The fourth-order valence-electron chi connectivity index (χ4n) is 1.84. The van der Waals surface area contributed by atoms with Crippen LogP contribution in [0.2, 0.25) is 0 Å². The number of nitrogens with one attached hydrogen (secondary N) is 1. The highest BCUT2D eigenvalue weighted by Gasteiger charge is 2.12. The first-order chi connectivity index (χ1) is 8.74. The molecule has 1 unspecified atom stereocenters. The van der Waals surface area contributed by atoms with Crippen molar-refractivity contribution in [3.63, 3.8) is 0 Å². The van der Waals surface area contributed by atoms with Crippen molar-refractivity contribution in [1.82, 2.24) is 5.32 Å². The summed E-state index contributed by atoms with van der Waals surface area (Å²) in [6.45, 7) is 11.7. The van der Waals surface area contributed by atoms with E-state index in [-0.39, 0.29) is 18.2 Å². The molecular weight excluding hydrogens is 236 g/mol. The Morgan fingerprint density at radius 1 is 1.32 bits per heavy atom. The van der Waals surface area contributed by atoms with Crippen LogP contribution in [0.5, 0.6) is 0 Å². The topological polar surface area (TPSA) is 35.5 Å². The lowest BCUT2D eigenvalue weighted by molar-refractivity contribution is 0.270. The highest BCUT2D eigenvalue weighted by Crippen LogP contribution is 2.20. The standard InChI is InChI=1S/C16H28N2O/c1-12-9-15(18(6)13(2)11-19)8-7-14(12)10-17-16(3,4)5/h7-9,13,17,19H,10-11H2,1-6H3. The summed E-state index contributed by atoms with van der Waals surface area (Å²) in [6.07, 6.45) is 0. The van der Waals surface area contributed by atoms with Gasteiger partial charge in [-0.1, -0.05) is 6.07 Å². The van der Waals surface area contributed by atoms with Crippen LogP contribution in [-0.2, 0) is 6.54 Å². The number of aliphatic hydroxyl groups is 1. The summed E-state index contributed by atoms with van der Waals surface area (Å²) in [7, 11) is 2.02. The van der Waals surface area contributed by atoms with E-state index in [9.17, 15) is 5.11 Å². The van der Waals surface area contributed by atoms with E-state index in [1.807, 2.05) is 14.0 Å². The van der Waals surface area contributed by atoms with Crippen LogP contribution in [0.25, 0.3) is 0 Å². The van der Waals surface area contributed by atoms with Gasteiger partial charge in [0.25, 0.3) is 0 Å². The molecule has 0 bridgehead atoms. The van der Waals surface area contributed by atoms with Crippen LogP contribution in [0.15, 0.2) is 18.2 Å². The van der Waals surface area contributed by atoms with E-state index >= 15 is 0 Å². The third-order valence-corrected chi connectivity index (χ3v) is 3.47. The van der Waals surface area contributed by atoms with Gasteiger partial charge in [-0.15, -0.1) is 0 Å². The molecule has 0 saturated carbocycles. The van der Waals surface area contributed by atoms with Gasteiger partial charge in [0.2, 0.25) is 0 Å². The van der Waals surface area contributed by atoms with Crippen LogP contribution < -0.4 is 10.2 Å². The summed E-state index contributed by atoms with van der Waals surface area (Å²) >= 11 is 0. The minimum Gasteiger partial charge on any atom is -0.394 e. The Balaban J connectivity index is 2.80. The van der Waals surface area contributed by atoms with E-state index in [2.05, 4.69) is 56.1 Å². The molecule has 0 aromatic heterocycles. The van der Waals surface area contributed by atoms with Crippen molar-refractivity contribution in [2.45, 2.75) is 52.7 Å². The average molecular weight is 264 g/mol. The van der Waals surface area contributed by atoms with Crippen LogP contribution in [0, 0.1) is 6.92 Å². The zero-order chi connectivity index (χ0) is 14.6. The average Bonchev–Trinajstić information content (AvgIpc) is 2.34. The van der Waals surface area contributed by atoms with Gasteiger partial charge >= 0.3 is 0 Å². The predicted octanol–water partition coefficient (Wildman–Crippen LogP) is 2.70. The van der Waals surface area contributed by atoms with Gasteiger partial charge in [-0.25, -0.2) is 0 Å². The first kappa shape index (κ1) is 16.0. The van der Waals surface area contributed by atoms with Crippen LogP contribution in [0.1, 0.15) is 38.8 Å². The second-order valence-electron chi connectivity index (χ2n) is 6.36. The number of benzene rings is 1. The Kier molecular flexibility index (Phi) is 5.39. The lowest BCUT2D eigenvalue weighted by atomic mass is 10.0. The fraction of sp³-hybridized carbons (Fsp3) is 0.625. The highest BCUT2D eigenvalue weighted by molar-refractivity contribution is 5.51. The zero-order valence-corrected chi connectivity index (χ0v) is 13.1. The molecular formula is C16H28N2O. The Bertz CT molecular complexity index is 410. The summed E-state index contributed by atoms with van der Waals surface area (Å²) in [5.41, 5.74) is 3.89. The molecule has 3 nitrogen and oxygen atoms in total. The first-order valence-corrected chi connectivity index (χ1v) is 6.93. The second kappa shape index (κ2) is 6.40. The summed E-state index contributed by atoms with van der Waals surface area (Å²) in [6, 6.07) is 6.62. The van der Waals surface area contributed by atoms with Crippen molar-refractivity contribution < 1.29 is 5.11 Å². The molecule has 0 radical (unpaired) electrons. The Labute approximate surface area is 117 Å². The van der Waals surface area contributed by atoms with E-state index in [0.29, 0.717) is 0 Å². The van der Waals surface area contributed by atoms with Crippen molar-refractivity contribution in [2.75, 3.05) is 18.6 Å². The number of nitrogens with zero attached hydrogens (tertiary/aromatic N) is 1. The maximum atomic E-state index is 9.21. The van der Waals surface area contributed by atoms with Gasteiger partial charge in [0.1, 0.15) is 0 Å². The van der Waals surface area contributed by atoms with Crippen LogP contribution in [0.3, 0.4) is 0 Å². The molecule has 0 saturated heterocycles. The molecule has 3 heteroatoms. The predicted molar refractivity (Wildman–Crippen MR) is 82.7 cm³/mol. The van der Waals surface area contributed by atoms with E-state index < -0.39 is 0 Å². The molecule has 1 aromatic carbocycles. The smallest absolute Gasteiger partial charge is 0.0632 e. The van der Waals surface area contributed by atoms with Crippen molar-refractivity contribution >= 4 is 5.69 Å². The maximum absolute atomic E-state index is 9.21. The van der Waals surface area contributed by atoms with Gasteiger partial charge in [-0.05, 0) is 57.9 Å². The SMILES string of the molecule is Cc1cc(N(C)C(C)CO)ccc1CNC(C)(C)C. The van der Waals surface area contributed by atoms with E-state index in [1.54, 1.807) is 0 Å². The van der Waals surface area contributed by atoms with Crippen LogP contribution >= 0.6 is 0 Å². The molecule has 19 heavy (non-hydrogen) atoms. The largest absolute Gasteiger partial charge is 0.394 e. The maximum Gasteiger partial charge on any atom is 0.0632 e.